The van der Waals surface area contributed by atoms with Gasteiger partial charge in [-0.2, -0.15) is 0 Å². The summed E-state index contributed by atoms with van der Waals surface area (Å²) in [7, 11) is 0. The molecule has 0 spiro atoms. The van der Waals surface area contributed by atoms with Gasteiger partial charge in [0.15, 0.2) is 0 Å². The van der Waals surface area contributed by atoms with E-state index in [9.17, 15) is 4.79 Å². The molecule has 1 atom stereocenters. The summed E-state index contributed by atoms with van der Waals surface area (Å²) in [4.78, 5) is 20.0. The summed E-state index contributed by atoms with van der Waals surface area (Å²) in [5, 5.41) is 4.86. The van der Waals surface area contributed by atoms with Crippen molar-refractivity contribution in [2.24, 2.45) is 0 Å². The summed E-state index contributed by atoms with van der Waals surface area (Å²) < 4.78 is 0. The minimum Gasteiger partial charge on any atom is -0.333 e. The van der Waals surface area contributed by atoms with Crippen LogP contribution in [0.1, 0.15) is 22.3 Å². The van der Waals surface area contributed by atoms with Crippen molar-refractivity contribution in [3.63, 3.8) is 0 Å². The largest absolute Gasteiger partial charge is 0.333 e. The van der Waals surface area contributed by atoms with Gasteiger partial charge in [-0.25, -0.2) is 4.98 Å². The van der Waals surface area contributed by atoms with Crippen molar-refractivity contribution in [3.05, 3.63) is 39.9 Å². The zero-order valence-corrected chi connectivity index (χ0v) is 16.6. The first kappa shape index (κ1) is 21.2. The van der Waals surface area contributed by atoms with E-state index in [1.54, 1.807) is 0 Å². The van der Waals surface area contributed by atoms with E-state index in [2.05, 4.69) is 17.2 Å². The molecule has 1 saturated heterocycles. The van der Waals surface area contributed by atoms with Crippen LogP contribution in [0.2, 0.25) is 5.02 Å². The number of aromatic nitrogens is 1. The van der Waals surface area contributed by atoms with Gasteiger partial charge in [-0.15, -0.1) is 36.2 Å². The third-order valence-corrected chi connectivity index (χ3v) is 5.29. The van der Waals surface area contributed by atoms with Gasteiger partial charge in [0.1, 0.15) is 9.88 Å². The highest BCUT2D eigenvalue weighted by atomic mass is 35.5. The van der Waals surface area contributed by atoms with Crippen molar-refractivity contribution in [2.75, 3.05) is 19.6 Å². The summed E-state index contributed by atoms with van der Waals surface area (Å²) in [6.07, 6.45) is 0. The Labute approximate surface area is 163 Å². The van der Waals surface area contributed by atoms with Crippen molar-refractivity contribution in [2.45, 2.75) is 19.9 Å². The third-order valence-electron chi connectivity index (χ3n) is 3.84. The summed E-state index contributed by atoms with van der Waals surface area (Å²) >= 11 is 7.38. The molecule has 4 nitrogen and oxygen atoms in total. The number of nitrogens with zero attached hydrogens (tertiary/aromatic N) is 2. The number of hydrogen-bond acceptors (Lipinski definition) is 4. The monoisotopic (exact) mass is 407 g/mol. The van der Waals surface area contributed by atoms with Gasteiger partial charge < -0.3 is 10.2 Å². The van der Waals surface area contributed by atoms with Crippen molar-refractivity contribution < 1.29 is 4.79 Å². The number of hydrogen-bond donors (Lipinski definition) is 1. The van der Waals surface area contributed by atoms with E-state index in [-0.39, 0.29) is 36.8 Å². The second-order valence-electron chi connectivity index (χ2n) is 5.49. The molecule has 2 heterocycles. The maximum atomic E-state index is 12.8. The Morgan fingerprint density at radius 1 is 1.33 bits per heavy atom. The molecule has 1 aliphatic rings. The zero-order valence-electron chi connectivity index (χ0n) is 13.4. The summed E-state index contributed by atoms with van der Waals surface area (Å²) in [5.41, 5.74) is 1.79. The van der Waals surface area contributed by atoms with E-state index in [4.69, 9.17) is 11.6 Å². The maximum absolute atomic E-state index is 12.8. The number of thiazole rings is 1. The first-order valence-corrected chi connectivity index (χ1v) is 8.51. The molecule has 1 fully saturated rings. The van der Waals surface area contributed by atoms with Crippen LogP contribution in [0.4, 0.5) is 0 Å². The lowest BCUT2D eigenvalue weighted by atomic mass is 10.2. The fraction of sp³-hybridized carbons (Fsp3) is 0.375. The summed E-state index contributed by atoms with van der Waals surface area (Å²) in [6.45, 7) is 6.40. The van der Waals surface area contributed by atoms with E-state index in [1.165, 1.54) is 11.3 Å². The number of rotatable bonds is 2. The number of piperazine rings is 1. The van der Waals surface area contributed by atoms with Crippen molar-refractivity contribution in [3.8, 4) is 10.6 Å². The second-order valence-corrected chi connectivity index (χ2v) is 6.93. The number of amides is 1. The molecule has 1 aromatic heterocycles. The number of nitrogens with one attached hydrogen (secondary N) is 1. The molecule has 1 aliphatic heterocycles. The normalized spacial score (nSPS) is 17.0. The van der Waals surface area contributed by atoms with E-state index in [0.29, 0.717) is 5.02 Å². The van der Waals surface area contributed by atoms with Crippen molar-refractivity contribution >= 4 is 53.7 Å². The molecule has 0 unspecified atom stereocenters. The molecule has 0 bridgehead atoms. The molecule has 0 aliphatic carbocycles. The van der Waals surface area contributed by atoms with Crippen LogP contribution in [0, 0.1) is 6.92 Å². The number of aryl methyl sites for hydroxylation is 1. The van der Waals surface area contributed by atoms with Crippen LogP contribution < -0.4 is 5.32 Å². The SMILES string of the molecule is Cc1nc(-c2ccc(Cl)cc2)sc1C(=O)N1CCNC[C@H]1C.Cl.Cl. The van der Waals surface area contributed by atoms with Gasteiger partial charge in [0.25, 0.3) is 5.91 Å². The topological polar surface area (TPSA) is 45.2 Å². The van der Waals surface area contributed by atoms with Crippen LogP contribution in [0.25, 0.3) is 10.6 Å². The van der Waals surface area contributed by atoms with Crippen LogP contribution >= 0.6 is 47.8 Å². The second kappa shape index (κ2) is 9.02. The highest BCUT2D eigenvalue weighted by Gasteiger charge is 2.27. The predicted octanol–water partition coefficient (Wildman–Crippen LogP) is 4.05. The Bertz CT molecular complexity index is 690. The first-order chi connectivity index (χ1) is 10.6. The van der Waals surface area contributed by atoms with Gasteiger partial charge in [-0.05, 0) is 26.0 Å². The smallest absolute Gasteiger partial charge is 0.266 e. The minimum absolute atomic E-state index is 0. The molecule has 2 aromatic rings. The van der Waals surface area contributed by atoms with Crippen LogP contribution in [0.5, 0.6) is 0 Å². The van der Waals surface area contributed by atoms with Gasteiger partial charge in [0, 0.05) is 36.3 Å². The lowest BCUT2D eigenvalue weighted by Crippen LogP contribution is -2.52. The predicted molar refractivity (Wildman–Crippen MR) is 105 cm³/mol. The zero-order chi connectivity index (χ0) is 15.7. The lowest BCUT2D eigenvalue weighted by Gasteiger charge is -2.33. The maximum Gasteiger partial charge on any atom is 0.266 e. The fourth-order valence-corrected chi connectivity index (χ4v) is 3.74. The molecule has 24 heavy (non-hydrogen) atoms. The van der Waals surface area contributed by atoms with E-state index < -0.39 is 0 Å². The Balaban J connectivity index is 0.00000144. The summed E-state index contributed by atoms with van der Waals surface area (Å²) in [5.74, 6) is 0.0872. The van der Waals surface area contributed by atoms with Crippen LogP contribution in [0.15, 0.2) is 24.3 Å². The van der Waals surface area contributed by atoms with E-state index in [0.717, 1.165) is 40.8 Å². The molecule has 3 rings (SSSR count). The first-order valence-electron chi connectivity index (χ1n) is 7.31. The highest BCUT2D eigenvalue weighted by Crippen LogP contribution is 2.30. The van der Waals surface area contributed by atoms with Crippen molar-refractivity contribution in [1.82, 2.24) is 15.2 Å². The highest BCUT2D eigenvalue weighted by molar-refractivity contribution is 7.17. The number of carbonyl (C=O) groups excluding carboxylic acids is 1. The van der Waals surface area contributed by atoms with E-state index in [1.807, 2.05) is 36.1 Å². The number of carbonyl (C=O) groups is 1. The van der Waals surface area contributed by atoms with Gasteiger partial charge >= 0.3 is 0 Å². The Morgan fingerprint density at radius 3 is 2.62 bits per heavy atom. The van der Waals surface area contributed by atoms with Gasteiger partial charge in [-0.1, -0.05) is 23.7 Å². The molecule has 1 amide bonds. The third kappa shape index (κ3) is 4.41. The number of benzene rings is 1. The Morgan fingerprint density at radius 2 is 2.00 bits per heavy atom. The van der Waals surface area contributed by atoms with Crippen molar-refractivity contribution in [1.29, 1.82) is 0 Å². The Hall–Kier alpha value is -0.850. The fourth-order valence-electron chi connectivity index (χ4n) is 2.58. The lowest BCUT2D eigenvalue weighted by molar-refractivity contribution is 0.0660. The molecule has 0 saturated carbocycles. The Kier molecular flexibility index (Phi) is 7.96. The molecule has 8 heteroatoms. The van der Waals surface area contributed by atoms with Gasteiger partial charge in [0.05, 0.1) is 5.69 Å². The molecule has 1 N–H and O–H groups in total. The molecular formula is C16H20Cl3N3OS. The molecule has 0 radical (unpaired) electrons. The molecular weight excluding hydrogens is 389 g/mol. The standard InChI is InChI=1S/C16H18ClN3OS.2ClH/c1-10-9-18-7-8-20(10)16(21)14-11(2)19-15(22-14)12-3-5-13(17)6-4-12;;/h3-6,10,18H,7-9H2,1-2H3;2*1H/t10-;;/m1../s1. The minimum atomic E-state index is 0. The quantitative estimate of drug-likeness (QED) is 0.815. The average molecular weight is 409 g/mol. The van der Waals surface area contributed by atoms with Crippen LogP contribution in [0.3, 0.4) is 0 Å². The van der Waals surface area contributed by atoms with E-state index >= 15 is 0 Å². The number of halogens is 3. The van der Waals surface area contributed by atoms with Gasteiger partial charge in [0.2, 0.25) is 0 Å². The van der Waals surface area contributed by atoms with Crippen LogP contribution in [-0.4, -0.2) is 41.5 Å². The average Bonchev–Trinajstić information content (AvgIpc) is 2.90. The molecule has 132 valence electrons. The van der Waals surface area contributed by atoms with Gasteiger partial charge in [-0.3, -0.25) is 4.79 Å². The molecule has 1 aromatic carbocycles. The van der Waals surface area contributed by atoms with Crippen LogP contribution in [-0.2, 0) is 0 Å². The summed E-state index contributed by atoms with van der Waals surface area (Å²) in [6, 6.07) is 7.76.